The van der Waals surface area contributed by atoms with Crippen LogP contribution in [0.3, 0.4) is 0 Å². The molecule has 0 fully saturated rings. The highest BCUT2D eigenvalue weighted by Gasteiger charge is 2.11. The van der Waals surface area contributed by atoms with Crippen molar-refractivity contribution in [2.75, 3.05) is 0 Å². The van der Waals surface area contributed by atoms with Crippen LogP contribution in [0.4, 0.5) is 0 Å². The Bertz CT molecular complexity index is 838. The fourth-order valence-corrected chi connectivity index (χ4v) is 2.80. The predicted molar refractivity (Wildman–Crippen MR) is 83.7 cm³/mol. The predicted octanol–water partition coefficient (Wildman–Crippen LogP) is 4.81. The van der Waals surface area contributed by atoms with E-state index in [-0.39, 0.29) is 0 Å². The van der Waals surface area contributed by atoms with Crippen LogP contribution < -0.4 is 0 Å². The van der Waals surface area contributed by atoms with Crippen molar-refractivity contribution in [1.82, 2.24) is 14.5 Å². The second-order valence-corrected chi connectivity index (χ2v) is 5.89. The normalized spacial score (nSPS) is 11.1. The Morgan fingerprint density at radius 3 is 2.89 bits per heavy atom. The first-order valence-corrected chi connectivity index (χ1v) is 7.18. The number of pyridine rings is 1. The summed E-state index contributed by atoms with van der Waals surface area (Å²) < 4.78 is 3.37. The lowest BCUT2D eigenvalue weighted by atomic mass is 10.3. The lowest BCUT2D eigenvalue weighted by Crippen LogP contribution is -1.97. The maximum absolute atomic E-state index is 6.27. The molecule has 96 valence electrons. The average molecular weight is 355 g/mol. The molecule has 0 aliphatic carbocycles. The van der Waals surface area contributed by atoms with Gasteiger partial charge in [0.15, 0.2) is 10.4 Å². The first-order chi connectivity index (χ1) is 9.06. The molecule has 0 aliphatic heterocycles. The molecule has 3 rings (SSSR count). The molecule has 0 saturated heterocycles. The zero-order valence-corrected chi connectivity index (χ0v) is 13.1. The van der Waals surface area contributed by atoms with Crippen molar-refractivity contribution in [2.45, 2.75) is 6.92 Å². The number of H-pyrrole nitrogens is 1. The van der Waals surface area contributed by atoms with Gasteiger partial charge < -0.3 is 4.98 Å². The van der Waals surface area contributed by atoms with Gasteiger partial charge in [0.2, 0.25) is 0 Å². The number of hydrogen-bond acceptors (Lipinski definition) is 2. The second kappa shape index (κ2) is 4.74. The third-order valence-electron chi connectivity index (χ3n) is 2.82. The Morgan fingerprint density at radius 1 is 1.32 bits per heavy atom. The highest BCUT2D eigenvalue weighted by Crippen LogP contribution is 2.27. The zero-order valence-electron chi connectivity index (χ0n) is 9.95. The van der Waals surface area contributed by atoms with Crippen LogP contribution in [0, 0.1) is 11.7 Å². The van der Waals surface area contributed by atoms with Gasteiger partial charge in [-0.15, -0.1) is 0 Å². The van der Waals surface area contributed by atoms with Crippen LogP contribution in [-0.4, -0.2) is 14.5 Å². The number of benzene rings is 1. The summed E-state index contributed by atoms with van der Waals surface area (Å²) in [6.45, 7) is 1.95. The van der Waals surface area contributed by atoms with E-state index in [9.17, 15) is 0 Å². The Labute approximate surface area is 128 Å². The Hall–Kier alpha value is -1.17. The largest absolute Gasteiger partial charge is 0.329 e. The Balaban J connectivity index is 2.42. The monoisotopic (exact) mass is 353 g/mol. The number of hydrogen-bond donors (Lipinski definition) is 1. The second-order valence-electron chi connectivity index (χ2n) is 4.19. The smallest absolute Gasteiger partial charge is 0.184 e. The van der Waals surface area contributed by atoms with Crippen molar-refractivity contribution in [2.24, 2.45) is 0 Å². The van der Waals surface area contributed by atoms with Crippen LogP contribution in [0.25, 0.3) is 16.9 Å². The average Bonchev–Trinajstić information content (AvgIpc) is 2.68. The number of imidazole rings is 1. The molecule has 6 heteroatoms. The van der Waals surface area contributed by atoms with E-state index in [1.54, 1.807) is 0 Å². The molecule has 0 amide bonds. The number of rotatable bonds is 1. The topological polar surface area (TPSA) is 33.6 Å². The van der Waals surface area contributed by atoms with Gasteiger partial charge in [0.25, 0.3) is 0 Å². The van der Waals surface area contributed by atoms with Gasteiger partial charge in [-0.1, -0.05) is 27.5 Å². The lowest BCUT2D eigenvalue weighted by molar-refractivity contribution is 1.03. The first-order valence-electron chi connectivity index (χ1n) is 5.60. The Kier molecular flexibility index (Phi) is 3.20. The van der Waals surface area contributed by atoms with Crippen LogP contribution in [-0.2, 0) is 0 Å². The third kappa shape index (κ3) is 2.22. The van der Waals surface area contributed by atoms with E-state index in [0.29, 0.717) is 9.79 Å². The molecular formula is C13H9BrClN3S. The van der Waals surface area contributed by atoms with Gasteiger partial charge in [0, 0.05) is 10.2 Å². The molecule has 0 saturated carbocycles. The molecule has 3 nitrogen and oxygen atoms in total. The fraction of sp³-hybridized carbons (Fsp3) is 0.0769. The number of aromatic nitrogens is 3. The summed E-state index contributed by atoms with van der Waals surface area (Å²) in [4.78, 5) is 7.68. The summed E-state index contributed by atoms with van der Waals surface area (Å²) in [6, 6.07) is 9.56. The van der Waals surface area contributed by atoms with Crippen molar-refractivity contribution in [3.8, 4) is 5.69 Å². The molecule has 0 spiro atoms. The van der Waals surface area contributed by atoms with Crippen molar-refractivity contribution >= 4 is 50.9 Å². The van der Waals surface area contributed by atoms with E-state index in [0.717, 1.165) is 27.0 Å². The van der Waals surface area contributed by atoms with Gasteiger partial charge in [0.1, 0.15) is 0 Å². The van der Waals surface area contributed by atoms with E-state index in [2.05, 4.69) is 25.9 Å². The summed E-state index contributed by atoms with van der Waals surface area (Å²) in [5.41, 5.74) is 3.42. The SMILES string of the molecule is Cc1ccc2[nH]c(=S)n(-c3cc(Br)ccc3Cl)c2n1. The molecular weight excluding hydrogens is 346 g/mol. The van der Waals surface area contributed by atoms with Gasteiger partial charge in [0.05, 0.1) is 16.2 Å². The maximum atomic E-state index is 6.27. The van der Waals surface area contributed by atoms with Gasteiger partial charge in [-0.2, -0.15) is 0 Å². The maximum Gasteiger partial charge on any atom is 0.184 e. The molecule has 1 aromatic carbocycles. The van der Waals surface area contributed by atoms with Crippen LogP contribution in [0.2, 0.25) is 5.02 Å². The number of nitrogens with zero attached hydrogens (tertiary/aromatic N) is 2. The van der Waals surface area contributed by atoms with Crippen LogP contribution in [0.1, 0.15) is 5.69 Å². The van der Waals surface area contributed by atoms with Crippen LogP contribution >= 0.6 is 39.7 Å². The molecule has 0 unspecified atom stereocenters. The highest BCUT2D eigenvalue weighted by atomic mass is 79.9. The summed E-state index contributed by atoms with van der Waals surface area (Å²) in [7, 11) is 0. The first kappa shape index (κ1) is 12.8. The molecule has 2 aromatic heterocycles. The highest BCUT2D eigenvalue weighted by molar-refractivity contribution is 9.10. The van der Waals surface area contributed by atoms with E-state index in [1.807, 2.05) is 41.8 Å². The number of fused-ring (bicyclic) bond motifs is 1. The zero-order chi connectivity index (χ0) is 13.6. The van der Waals surface area contributed by atoms with E-state index in [4.69, 9.17) is 23.8 Å². The lowest BCUT2D eigenvalue weighted by Gasteiger charge is -2.07. The van der Waals surface area contributed by atoms with E-state index in [1.165, 1.54) is 0 Å². The molecule has 1 N–H and O–H groups in total. The number of nitrogens with one attached hydrogen (secondary N) is 1. The number of aryl methyl sites for hydroxylation is 1. The molecule has 0 atom stereocenters. The molecule has 2 heterocycles. The molecule has 19 heavy (non-hydrogen) atoms. The van der Waals surface area contributed by atoms with Crippen LogP contribution in [0.5, 0.6) is 0 Å². The van der Waals surface area contributed by atoms with E-state index < -0.39 is 0 Å². The molecule has 0 bridgehead atoms. The van der Waals surface area contributed by atoms with Crippen molar-refractivity contribution in [3.05, 3.63) is 50.3 Å². The van der Waals surface area contributed by atoms with Crippen molar-refractivity contribution < 1.29 is 0 Å². The standard InChI is InChI=1S/C13H9BrClN3S/c1-7-2-5-10-12(16-7)18(13(19)17-10)11-6-8(14)3-4-9(11)15/h2-6H,1H3,(H,17,19). The minimum absolute atomic E-state index is 0.577. The molecule has 3 aromatic rings. The molecule has 0 radical (unpaired) electrons. The number of halogens is 2. The third-order valence-corrected chi connectivity index (χ3v) is 3.92. The Morgan fingerprint density at radius 2 is 2.11 bits per heavy atom. The summed E-state index contributed by atoms with van der Waals surface area (Å²) in [5.74, 6) is 0. The van der Waals surface area contributed by atoms with E-state index >= 15 is 0 Å². The molecule has 0 aliphatic rings. The number of aromatic amines is 1. The summed E-state index contributed by atoms with van der Waals surface area (Å²) >= 11 is 15.1. The van der Waals surface area contributed by atoms with Gasteiger partial charge in [-0.3, -0.25) is 4.57 Å². The van der Waals surface area contributed by atoms with Crippen molar-refractivity contribution in [1.29, 1.82) is 0 Å². The van der Waals surface area contributed by atoms with Gasteiger partial charge in [-0.25, -0.2) is 4.98 Å². The summed E-state index contributed by atoms with van der Waals surface area (Å²) in [5, 5.41) is 0.628. The van der Waals surface area contributed by atoms with Gasteiger partial charge in [-0.05, 0) is 49.5 Å². The minimum Gasteiger partial charge on any atom is -0.329 e. The minimum atomic E-state index is 0.577. The van der Waals surface area contributed by atoms with Crippen molar-refractivity contribution in [3.63, 3.8) is 0 Å². The quantitative estimate of drug-likeness (QED) is 0.636. The summed E-state index contributed by atoms with van der Waals surface area (Å²) in [6.07, 6.45) is 0. The fourth-order valence-electron chi connectivity index (χ4n) is 1.96. The van der Waals surface area contributed by atoms with Crippen LogP contribution in [0.15, 0.2) is 34.8 Å². The van der Waals surface area contributed by atoms with Gasteiger partial charge >= 0.3 is 0 Å².